The van der Waals surface area contributed by atoms with Crippen LogP contribution < -0.4 is 10.5 Å². The molecule has 2 aromatic rings. The summed E-state index contributed by atoms with van der Waals surface area (Å²) >= 11 is 1.67. The number of thiazole rings is 1. The van der Waals surface area contributed by atoms with Gasteiger partial charge in [-0.2, -0.15) is 0 Å². The number of rotatable bonds is 10. The molecule has 0 radical (unpaired) electrons. The molecule has 1 aromatic heterocycles. The van der Waals surface area contributed by atoms with Crippen LogP contribution in [0.4, 0.5) is 5.13 Å². The van der Waals surface area contributed by atoms with Gasteiger partial charge in [0.05, 0.1) is 12.8 Å². The molecular formula is C22H33N3O2S. The molecule has 1 aliphatic rings. The number of aryl methyl sites for hydroxylation is 2. The molecule has 154 valence electrons. The lowest BCUT2D eigenvalue weighted by atomic mass is 9.95. The molecule has 0 spiro atoms. The summed E-state index contributed by atoms with van der Waals surface area (Å²) in [6.07, 6.45) is 9.20. The Bertz CT molecular complexity index is 762. The first-order valence-corrected chi connectivity index (χ1v) is 11.3. The Balaban J connectivity index is 1.44. The highest BCUT2D eigenvalue weighted by Crippen LogP contribution is 2.30. The van der Waals surface area contributed by atoms with Gasteiger partial charge in [-0.1, -0.05) is 19.4 Å². The quantitative estimate of drug-likeness (QED) is 0.575. The number of aromatic nitrogens is 1. The molecule has 0 saturated heterocycles. The number of unbranched alkanes of at least 4 members (excludes halogenated alkanes) is 2. The van der Waals surface area contributed by atoms with Gasteiger partial charge in [0, 0.05) is 10.9 Å². The van der Waals surface area contributed by atoms with E-state index in [4.69, 9.17) is 10.5 Å². The zero-order chi connectivity index (χ0) is 19.9. The summed E-state index contributed by atoms with van der Waals surface area (Å²) < 4.78 is 5.20. The van der Waals surface area contributed by atoms with Gasteiger partial charge in [0.1, 0.15) is 0 Å². The fourth-order valence-electron chi connectivity index (χ4n) is 4.15. The molecule has 0 saturated carbocycles. The van der Waals surface area contributed by atoms with Crippen molar-refractivity contribution < 1.29 is 9.84 Å². The molecule has 0 amide bonds. The third-order valence-corrected chi connectivity index (χ3v) is 6.56. The van der Waals surface area contributed by atoms with E-state index in [1.54, 1.807) is 24.5 Å². The highest BCUT2D eigenvalue weighted by Gasteiger charge is 2.26. The third kappa shape index (κ3) is 5.39. The van der Waals surface area contributed by atoms with Crippen molar-refractivity contribution in [3.63, 3.8) is 0 Å². The number of hydrogen-bond donors (Lipinski definition) is 2. The standard InChI is InChI=1S/C22H33N3O2S/c1-3-12-25(17-9-10-18-21(15-17)28-22(23)24-18)13-6-4-5-7-16-8-11-19(26)20(14-16)27-2/h8,11,14,17,26H,3-7,9-10,12-13,15H2,1-2H3,(H2,23,24)/t17-/m0/s1. The topological polar surface area (TPSA) is 71.6 Å². The Labute approximate surface area is 172 Å². The third-order valence-electron chi connectivity index (χ3n) is 5.61. The van der Waals surface area contributed by atoms with E-state index in [2.05, 4.69) is 16.8 Å². The van der Waals surface area contributed by atoms with E-state index in [0.717, 1.165) is 30.8 Å². The summed E-state index contributed by atoms with van der Waals surface area (Å²) in [7, 11) is 1.59. The minimum atomic E-state index is 0.208. The number of nitrogen functional groups attached to an aromatic ring is 1. The zero-order valence-electron chi connectivity index (χ0n) is 17.1. The van der Waals surface area contributed by atoms with Crippen molar-refractivity contribution in [3.8, 4) is 11.5 Å². The van der Waals surface area contributed by atoms with Crippen molar-refractivity contribution in [1.82, 2.24) is 9.88 Å². The van der Waals surface area contributed by atoms with Gasteiger partial charge < -0.3 is 20.5 Å². The minimum Gasteiger partial charge on any atom is -0.504 e. The minimum absolute atomic E-state index is 0.208. The molecule has 1 aliphatic carbocycles. The lowest BCUT2D eigenvalue weighted by Gasteiger charge is -2.33. The number of phenolic OH excluding ortho intramolecular Hbond substituents is 1. The Morgan fingerprint density at radius 3 is 2.93 bits per heavy atom. The van der Waals surface area contributed by atoms with E-state index in [1.165, 1.54) is 54.9 Å². The molecule has 3 N–H and O–H groups in total. The van der Waals surface area contributed by atoms with Gasteiger partial charge in [0.15, 0.2) is 16.6 Å². The largest absolute Gasteiger partial charge is 0.504 e. The monoisotopic (exact) mass is 403 g/mol. The zero-order valence-corrected chi connectivity index (χ0v) is 17.9. The smallest absolute Gasteiger partial charge is 0.180 e. The van der Waals surface area contributed by atoms with Crippen LogP contribution in [-0.2, 0) is 19.3 Å². The van der Waals surface area contributed by atoms with E-state index in [1.807, 2.05) is 12.1 Å². The van der Waals surface area contributed by atoms with Crippen LogP contribution in [0.5, 0.6) is 11.5 Å². The molecule has 5 nitrogen and oxygen atoms in total. The number of nitrogens with two attached hydrogens (primary N) is 1. The van der Waals surface area contributed by atoms with E-state index >= 15 is 0 Å². The van der Waals surface area contributed by atoms with Gasteiger partial charge in [0.25, 0.3) is 0 Å². The van der Waals surface area contributed by atoms with Gasteiger partial charge in [0.2, 0.25) is 0 Å². The van der Waals surface area contributed by atoms with Crippen molar-refractivity contribution in [2.75, 3.05) is 25.9 Å². The Hall–Kier alpha value is -1.79. The molecule has 0 aliphatic heterocycles. The lowest BCUT2D eigenvalue weighted by Crippen LogP contribution is -2.40. The van der Waals surface area contributed by atoms with Crippen LogP contribution in [0.25, 0.3) is 0 Å². The molecule has 6 heteroatoms. The fourth-order valence-corrected chi connectivity index (χ4v) is 5.10. The number of hydrogen-bond acceptors (Lipinski definition) is 6. The summed E-state index contributed by atoms with van der Waals surface area (Å²) in [5.74, 6) is 0.770. The number of anilines is 1. The average Bonchev–Trinajstić information content (AvgIpc) is 3.07. The SMILES string of the molecule is CCCN(CCCCCc1ccc(O)c(OC)c1)[C@H]1CCc2nc(N)sc2C1. The van der Waals surface area contributed by atoms with E-state index in [-0.39, 0.29) is 5.75 Å². The number of methoxy groups -OCH3 is 1. The van der Waals surface area contributed by atoms with Crippen LogP contribution in [-0.4, -0.2) is 41.2 Å². The van der Waals surface area contributed by atoms with Gasteiger partial charge in [-0.15, -0.1) is 11.3 Å². The lowest BCUT2D eigenvalue weighted by molar-refractivity contribution is 0.176. The van der Waals surface area contributed by atoms with E-state index in [9.17, 15) is 5.11 Å². The number of fused-ring (bicyclic) bond motifs is 1. The van der Waals surface area contributed by atoms with Crippen LogP contribution in [0.15, 0.2) is 18.2 Å². The predicted octanol–water partition coefficient (Wildman–Crippen LogP) is 4.42. The molecule has 0 bridgehead atoms. The van der Waals surface area contributed by atoms with Gasteiger partial charge >= 0.3 is 0 Å². The van der Waals surface area contributed by atoms with E-state index < -0.39 is 0 Å². The fraction of sp³-hybridized carbons (Fsp3) is 0.591. The van der Waals surface area contributed by atoms with Crippen LogP contribution in [0.1, 0.15) is 55.2 Å². The molecule has 28 heavy (non-hydrogen) atoms. The number of nitrogens with zero attached hydrogens (tertiary/aromatic N) is 2. The maximum atomic E-state index is 9.70. The Morgan fingerprint density at radius 2 is 2.14 bits per heavy atom. The summed E-state index contributed by atoms with van der Waals surface area (Å²) in [4.78, 5) is 8.56. The van der Waals surface area contributed by atoms with Crippen molar-refractivity contribution in [2.45, 2.75) is 64.3 Å². The summed E-state index contributed by atoms with van der Waals surface area (Å²) in [6.45, 7) is 4.61. The maximum absolute atomic E-state index is 9.70. The average molecular weight is 404 g/mol. The molecule has 1 aromatic carbocycles. The number of ether oxygens (including phenoxy) is 1. The first-order valence-electron chi connectivity index (χ1n) is 10.4. The maximum Gasteiger partial charge on any atom is 0.180 e. The second-order valence-electron chi connectivity index (χ2n) is 7.67. The highest BCUT2D eigenvalue weighted by atomic mass is 32.1. The Kier molecular flexibility index (Phi) is 7.57. The summed E-state index contributed by atoms with van der Waals surface area (Å²) in [5, 5.41) is 10.4. The first-order chi connectivity index (χ1) is 13.6. The molecule has 0 unspecified atom stereocenters. The normalized spacial score (nSPS) is 16.3. The second kappa shape index (κ2) is 10.1. The van der Waals surface area contributed by atoms with E-state index in [0.29, 0.717) is 11.8 Å². The molecule has 1 heterocycles. The van der Waals surface area contributed by atoms with Crippen LogP contribution in [0, 0.1) is 0 Å². The molecule has 3 rings (SSSR count). The van der Waals surface area contributed by atoms with Crippen LogP contribution in [0.3, 0.4) is 0 Å². The van der Waals surface area contributed by atoms with Gasteiger partial charge in [-0.3, -0.25) is 0 Å². The molecule has 0 fully saturated rings. The number of benzene rings is 1. The second-order valence-corrected chi connectivity index (χ2v) is 8.79. The van der Waals surface area contributed by atoms with Crippen LogP contribution >= 0.6 is 11.3 Å². The highest BCUT2D eigenvalue weighted by molar-refractivity contribution is 7.15. The van der Waals surface area contributed by atoms with Gasteiger partial charge in [-0.25, -0.2) is 4.98 Å². The predicted molar refractivity (Wildman–Crippen MR) is 116 cm³/mol. The first kappa shape index (κ1) is 20.9. The van der Waals surface area contributed by atoms with Crippen molar-refractivity contribution in [3.05, 3.63) is 34.3 Å². The van der Waals surface area contributed by atoms with Crippen LogP contribution in [0.2, 0.25) is 0 Å². The van der Waals surface area contributed by atoms with Crippen molar-refractivity contribution >= 4 is 16.5 Å². The molecular weight excluding hydrogens is 370 g/mol. The Morgan fingerprint density at radius 1 is 1.29 bits per heavy atom. The van der Waals surface area contributed by atoms with Gasteiger partial charge in [-0.05, 0) is 75.7 Å². The number of aromatic hydroxyl groups is 1. The summed E-state index contributed by atoms with van der Waals surface area (Å²) in [6, 6.07) is 6.29. The summed E-state index contributed by atoms with van der Waals surface area (Å²) in [5.41, 5.74) is 8.36. The molecule has 1 atom stereocenters. The number of phenols is 1. The van der Waals surface area contributed by atoms with Crippen molar-refractivity contribution in [1.29, 1.82) is 0 Å². The van der Waals surface area contributed by atoms with Crippen molar-refractivity contribution in [2.24, 2.45) is 0 Å².